The number of phosphoric ester groups is 2. The van der Waals surface area contributed by atoms with Crippen LogP contribution in [0, 0.1) is 0 Å². The second-order valence-corrected chi connectivity index (χ2v) is 29.2. The van der Waals surface area contributed by atoms with E-state index in [0.717, 1.165) is 154 Å². The summed E-state index contributed by atoms with van der Waals surface area (Å²) in [5.41, 5.74) is 0. The lowest BCUT2D eigenvalue weighted by atomic mass is 10.1. The van der Waals surface area contributed by atoms with Crippen molar-refractivity contribution < 1.29 is 80.2 Å². The van der Waals surface area contributed by atoms with Gasteiger partial charge in [0, 0.05) is 25.7 Å². The molecule has 0 aromatic rings. The Morgan fingerprint density at radius 3 is 0.729 bits per heavy atom. The first kappa shape index (κ1) is 93.0. The Morgan fingerprint density at radius 1 is 0.281 bits per heavy atom. The summed E-state index contributed by atoms with van der Waals surface area (Å²) < 4.78 is 68.5. The van der Waals surface area contributed by atoms with E-state index in [2.05, 4.69) is 76.3 Å². The highest BCUT2D eigenvalue weighted by Gasteiger charge is 2.30. The average Bonchev–Trinajstić information content (AvgIpc) is 1.36. The molecule has 96 heavy (non-hydrogen) atoms. The Labute approximate surface area is 585 Å². The zero-order chi connectivity index (χ0) is 70.4. The number of aliphatic hydroxyl groups excluding tert-OH is 1. The van der Waals surface area contributed by atoms with E-state index in [1.807, 2.05) is 0 Å². The van der Waals surface area contributed by atoms with Crippen molar-refractivity contribution in [1.82, 2.24) is 0 Å². The van der Waals surface area contributed by atoms with Crippen molar-refractivity contribution in [3.8, 4) is 0 Å². The SMILES string of the molecule is CCCCCC/C=C\CCCCCCCCCC(=O)OC[C@H](COP(=O)(O)OC[C@@H](O)COP(=O)(O)OC[C@@H](COC(=O)CCCCCCC/C=C\CCCCCC)OC(=O)CCCCCCC/C=C\CCCCCC)OC(=O)CCCCCCC/C=C\CCCCCCCC. The Balaban J connectivity index is 5.33. The Morgan fingerprint density at radius 2 is 0.479 bits per heavy atom. The van der Waals surface area contributed by atoms with Crippen LogP contribution < -0.4 is 0 Å². The lowest BCUT2D eigenvalue weighted by molar-refractivity contribution is -0.161. The third kappa shape index (κ3) is 69.5. The van der Waals surface area contributed by atoms with Crippen LogP contribution in [0.1, 0.15) is 362 Å². The van der Waals surface area contributed by atoms with E-state index in [0.29, 0.717) is 25.7 Å². The van der Waals surface area contributed by atoms with Gasteiger partial charge in [-0.25, -0.2) is 9.13 Å². The highest BCUT2D eigenvalue weighted by atomic mass is 31.2. The molecule has 2 unspecified atom stereocenters. The van der Waals surface area contributed by atoms with Gasteiger partial charge in [-0.05, 0) is 128 Å². The van der Waals surface area contributed by atoms with Crippen molar-refractivity contribution in [1.29, 1.82) is 0 Å². The number of phosphoric acid groups is 2. The molecule has 0 aliphatic rings. The summed E-state index contributed by atoms with van der Waals surface area (Å²) in [7, 11) is -9.94. The zero-order valence-corrected chi connectivity index (χ0v) is 63.1. The molecule has 0 aromatic heterocycles. The normalized spacial score (nSPS) is 14.2. The molecule has 0 rings (SSSR count). The molecule has 0 radical (unpaired) electrons. The van der Waals surface area contributed by atoms with Crippen LogP contribution in [0.3, 0.4) is 0 Å². The van der Waals surface area contributed by atoms with Crippen LogP contribution in [0.4, 0.5) is 0 Å². The molecule has 0 saturated carbocycles. The summed E-state index contributed by atoms with van der Waals surface area (Å²) in [4.78, 5) is 72.8. The summed E-state index contributed by atoms with van der Waals surface area (Å²) in [5, 5.41) is 10.6. The van der Waals surface area contributed by atoms with Gasteiger partial charge in [0.2, 0.25) is 0 Å². The zero-order valence-electron chi connectivity index (χ0n) is 61.3. The van der Waals surface area contributed by atoms with Crippen molar-refractivity contribution >= 4 is 39.5 Å². The molecule has 0 heterocycles. The number of hydrogen-bond acceptors (Lipinski definition) is 15. The molecule has 3 N–H and O–H groups in total. The minimum absolute atomic E-state index is 0.0879. The molecular formula is C77H142O17P2. The molecule has 0 spiro atoms. The first-order valence-electron chi connectivity index (χ1n) is 38.9. The molecular weight excluding hydrogens is 1260 g/mol. The van der Waals surface area contributed by atoms with Gasteiger partial charge in [-0.1, -0.05) is 256 Å². The molecule has 0 fully saturated rings. The van der Waals surface area contributed by atoms with Gasteiger partial charge in [-0.2, -0.15) is 0 Å². The summed E-state index contributed by atoms with van der Waals surface area (Å²) in [5.74, 6) is -2.18. The molecule has 0 aliphatic carbocycles. The molecule has 0 amide bonds. The van der Waals surface area contributed by atoms with Gasteiger partial charge in [0.15, 0.2) is 12.2 Å². The second-order valence-electron chi connectivity index (χ2n) is 26.3. The summed E-state index contributed by atoms with van der Waals surface area (Å²) in [6.07, 6.45) is 66.6. The van der Waals surface area contributed by atoms with Crippen molar-refractivity contribution in [2.75, 3.05) is 39.6 Å². The first-order chi connectivity index (χ1) is 46.7. The quantitative estimate of drug-likeness (QED) is 0.0169. The molecule has 562 valence electrons. The Hall–Kier alpha value is -2.98. The van der Waals surface area contributed by atoms with E-state index in [1.54, 1.807) is 0 Å². The lowest BCUT2D eigenvalue weighted by Crippen LogP contribution is -2.30. The summed E-state index contributed by atoms with van der Waals surface area (Å²) in [6, 6.07) is 0. The van der Waals surface area contributed by atoms with Crippen LogP contribution in [0.25, 0.3) is 0 Å². The van der Waals surface area contributed by atoms with E-state index >= 15 is 0 Å². The number of carbonyl (C=O) groups excluding carboxylic acids is 4. The van der Waals surface area contributed by atoms with Crippen molar-refractivity contribution in [3.05, 3.63) is 48.6 Å². The van der Waals surface area contributed by atoms with Gasteiger partial charge in [0.1, 0.15) is 19.3 Å². The number of rotatable bonds is 74. The van der Waals surface area contributed by atoms with Crippen molar-refractivity contribution in [2.24, 2.45) is 0 Å². The smallest absolute Gasteiger partial charge is 0.462 e. The highest BCUT2D eigenvalue weighted by molar-refractivity contribution is 7.47. The van der Waals surface area contributed by atoms with Gasteiger partial charge in [-0.15, -0.1) is 0 Å². The minimum atomic E-state index is -4.97. The van der Waals surface area contributed by atoms with Gasteiger partial charge in [-0.3, -0.25) is 37.3 Å². The summed E-state index contributed by atoms with van der Waals surface area (Å²) >= 11 is 0. The Bertz CT molecular complexity index is 2010. The summed E-state index contributed by atoms with van der Waals surface area (Å²) in [6.45, 7) is 4.85. The lowest BCUT2D eigenvalue weighted by Gasteiger charge is -2.21. The molecule has 0 aliphatic heterocycles. The predicted molar refractivity (Wildman–Crippen MR) is 390 cm³/mol. The van der Waals surface area contributed by atoms with E-state index in [1.165, 1.54) is 128 Å². The number of ether oxygens (including phenoxy) is 4. The fourth-order valence-corrected chi connectivity index (χ4v) is 12.3. The van der Waals surface area contributed by atoms with Crippen molar-refractivity contribution in [2.45, 2.75) is 380 Å². The molecule has 5 atom stereocenters. The minimum Gasteiger partial charge on any atom is -0.462 e. The molecule has 0 bridgehead atoms. The fraction of sp³-hybridized carbons (Fsp3) is 0.844. The standard InChI is InChI=1S/C77H142O17P2/c1-5-9-13-17-21-25-29-33-35-39-42-46-50-54-58-62-75(80)88-68-73(94-77(82)64-60-56-52-48-44-40-36-34-30-26-22-18-14-10-6-2)70-92-96(85,86)90-66-71(78)65-89-95(83,84)91-69-72(93-76(81)63-59-55-51-47-43-38-32-28-24-20-16-12-8-4)67-87-74(79)61-57-53-49-45-41-37-31-27-23-19-15-11-7-3/h25,27-29,31-32,34,36,71-73,78H,5-24,26,30,33,35,37-70H2,1-4H3,(H,83,84)(H,85,86)/b29-25-,31-27-,32-28-,36-34-/t71-,72+,73+/m0/s1. The average molecular weight is 1400 g/mol. The third-order valence-corrected chi connectivity index (χ3v) is 18.6. The van der Waals surface area contributed by atoms with Gasteiger partial charge >= 0.3 is 39.5 Å². The van der Waals surface area contributed by atoms with Crippen LogP contribution in [0.15, 0.2) is 48.6 Å². The van der Waals surface area contributed by atoms with Crippen LogP contribution >= 0.6 is 15.6 Å². The highest BCUT2D eigenvalue weighted by Crippen LogP contribution is 2.45. The number of esters is 4. The molecule has 19 heteroatoms. The second kappa shape index (κ2) is 70.5. The number of aliphatic hydroxyl groups is 1. The number of unbranched alkanes of at least 4 members (excludes halogenated alkanes) is 40. The maximum absolute atomic E-state index is 13.1. The molecule has 17 nitrogen and oxygen atoms in total. The first-order valence-corrected chi connectivity index (χ1v) is 41.9. The number of carbonyl (C=O) groups is 4. The largest absolute Gasteiger partial charge is 0.472 e. The van der Waals surface area contributed by atoms with Gasteiger partial charge < -0.3 is 33.8 Å². The predicted octanol–water partition coefficient (Wildman–Crippen LogP) is 22.1. The van der Waals surface area contributed by atoms with Gasteiger partial charge in [0.25, 0.3) is 0 Å². The topological polar surface area (TPSA) is 237 Å². The fourth-order valence-electron chi connectivity index (χ4n) is 10.7. The van der Waals surface area contributed by atoms with Crippen molar-refractivity contribution in [3.63, 3.8) is 0 Å². The third-order valence-electron chi connectivity index (χ3n) is 16.7. The maximum Gasteiger partial charge on any atom is 0.472 e. The molecule has 0 saturated heterocycles. The van der Waals surface area contributed by atoms with Crippen LogP contribution in [0.5, 0.6) is 0 Å². The van der Waals surface area contributed by atoms with Crippen LogP contribution in [-0.4, -0.2) is 96.7 Å². The Kier molecular flexibility index (Phi) is 68.3. The monoisotopic (exact) mass is 1400 g/mol. The number of hydrogen-bond donors (Lipinski definition) is 3. The van der Waals surface area contributed by atoms with E-state index in [-0.39, 0.29) is 25.7 Å². The maximum atomic E-state index is 13.1. The van der Waals surface area contributed by atoms with Crippen LogP contribution in [0.2, 0.25) is 0 Å². The molecule has 0 aromatic carbocycles. The number of allylic oxidation sites excluding steroid dienone is 8. The van der Waals surface area contributed by atoms with E-state index in [4.69, 9.17) is 37.0 Å². The van der Waals surface area contributed by atoms with E-state index < -0.39 is 97.5 Å². The van der Waals surface area contributed by atoms with Crippen LogP contribution in [-0.2, 0) is 65.4 Å². The van der Waals surface area contributed by atoms with E-state index in [9.17, 15) is 43.2 Å². The van der Waals surface area contributed by atoms with Gasteiger partial charge in [0.05, 0.1) is 26.4 Å².